The molecule has 2 heterocycles. The number of aromatic nitrogens is 2. The Hall–Kier alpha value is -1.21. The Morgan fingerprint density at radius 1 is 1.56 bits per heavy atom. The van der Waals surface area contributed by atoms with Gasteiger partial charge < -0.3 is 14.7 Å². The molecule has 1 amide bonds. The fraction of sp³-hybridized carbons (Fsp3) is 0.727. The van der Waals surface area contributed by atoms with Crippen molar-refractivity contribution in [3.05, 3.63) is 10.5 Å². The van der Waals surface area contributed by atoms with Gasteiger partial charge in [0.25, 0.3) is 0 Å². The number of likely N-dealkylation sites (tertiary alicyclic amines) is 1. The van der Waals surface area contributed by atoms with Gasteiger partial charge in [0.15, 0.2) is 0 Å². The van der Waals surface area contributed by atoms with Crippen LogP contribution in [0, 0.1) is 0 Å². The molecular formula is C11H17N3O3S. The number of rotatable bonds is 1. The van der Waals surface area contributed by atoms with E-state index in [1.54, 1.807) is 5.51 Å². The number of nitrogens with zero attached hydrogens (tertiary/aromatic N) is 3. The molecule has 1 aliphatic heterocycles. The van der Waals surface area contributed by atoms with Crippen LogP contribution in [0.15, 0.2) is 5.51 Å². The minimum atomic E-state index is -0.606. The predicted molar refractivity (Wildman–Crippen MR) is 66.5 cm³/mol. The van der Waals surface area contributed by atoms with Crippen LogP contribution in [-0.2, 0) is 4.74 Å². The summed E-state index contributed by atoms with van der Waals surface area (Å²) in [5, 5.41) is 18.4. The first-order chi connectivity index (χ1) is 8.37. The largest absolute Gasteiger partial charge is 0.444 e. The topological polar surface area (TPSA) is 75.5 Å². The highest BCUT2D eigenvalue weighted by molar-refractivity contribution is 7.09. The first-order valence-electron chi connectivity index (χ1n) is 5.79. The number of β-amino-alcohol motifs (C(OH)–C–C–N with tert-alkyl or cyclic N) is 1. The summed E-state index contributed by atoms with van der Waals surface area (Å²) in [6.07, 6.45) is -1.00. The highest BCUT2D eigenvalue weighted by atomic mass is 32.1. The summed E-state index contributed by atoms with van der Waals surface area (Å²) >= 11 is 1.39. The van der Waals surface area contributed by atoms with E-state index in [0.717, 1.165) is 5.01 Å². The lowest BCUT2D eigenvalue weighted by Crippen LogP contribution is -2.35. The van der Waals surface area contributed by atoms with Crippen molar-refractivity contribution in [2.24, 2.45) is 0 Å². The van der Waals surface area contributed by atoms with Crippen LogP contribution in [0.3, 0.4) is 0 Å². The van der Waals surface area contributed by atoms with E-state index in [9.17, 15) is 9.90 Å². The summed E-state index contributed by atoms with van der Waals surface area (Å²) in [6.45, 7) is 6.16. The van der Waals surface area contributed by atoms with Crippen LogP contribution in [0.5, 0.6) is 0 Å². The van der Waals surface area contributed by atoms with Crippen molar-refractivity contribution in [1.82, 2.24) is 15.1 Å². The van der Waals surface area contributed by atoms with Gasteiger partial charge in [0.05, 0.1) is 18.6 Å². The number of hydrogen-bond acceptors (Lipinski definition) is 6. The highest BCUT2D eigenvalue weighted by Gasteiger charge is 2.38. The molecule has 1 N–H and O–H groups in total. The third-order valence-corrected chi connectivity index (χ3v) is 3.46. The molecule has 1 aromatic rings. The lowest BCUT2D eigenvalue weighted by molar-refractivity contribution is 0.0270. The van der Waals surface area contributed by atoms with E-state index in [1.807, 2.05) is 20.8 Å². The van der Waals surface area contributed by atoms with Crippen LogP contribution in [0.1, 0.15) is 31.7 Å². The molecule has 2 rings (SSSR count). The Morgan fingerprint density at radius 2 is 2.28 bits per heavy atom. The highest BCUT2D eigenvalue weighted by Crippen LogP contribution is 2.29. The van der Waals surface area contributed by atoms with Crippen molar-refractivity contribution in [1.29, 1.82) is 0 Å². The van der Waals surface area contributed by atoms with Crippen molar-refractivity contribution in [3.8, 4) is 0 Å². The van der Waals surface area contributed by atoms with E-state index in [4.69, 9.17) is 4.74 Å². The van der Waals surface area contributed by atoms with Gasteiger partial charge in [-0.15, -0.1) is 21.5 Å². The molecule has 0 radical (unpaired) electrons. The maximum Gasteiger partial charge on any atom is 0.410 e. The summed E-state index contributed by atoms with van der Waals surface area (Å²) in [6, 6.07) is 0. The molecule has 18 heavy (non-hydrogen) atoms. The van der Waals surface area contributed by atoms with E-state index >= 15 is 0 Å². The smallest absolute Gasteiger partial charge is 0.410 e. The quantitative estimate of drug-likeness (QED) is 0.831. The van der Waals surface area contributed by atoms with E-state index < -0.39 is 17.8 Å². The van der Waals surface area contributed by atoms with Crippen LogP contribution in [0.25, 0.3) is 0 Å². The lowest BCUT2D eigenvalue weighted by atomic mass is 10.1. The summed E-state index contributed by atoms with van der Waals surface area (Å²) in [5.74, 6) is -0.162. The molecule has 1 fully saturated rings. The van der Waals surface area contributed by atoms with Gasteiger partial charge in [-0.1, -0.05) is 0 Å². The minimum Gasteiger partial charge on any atom is -0.444 e. The third-order valence-electron chi connectivity index (χ3n) is 2.63. The molecular weight excluding hydrogens is 254 g/mol. The second-order valence-electron chi connectivity index (χ2n) is 5.34. The Kier molecular flexibility index (Phi) is 3.54. The minimum absolute atomic E-state index is 0.162. The molecule has 7 heteroatoms. The number of aliphatic hydroxyl groups is 1. The first-order valence-corrected chi connectivity index (χ1v) is 6.67. The van der Waals surface area contributed by atoms with Crippen molar-refractivity contribution in [2.75, 3.05) is 13.1 Å². The van der Waals surface area contributed by atoms with Crippen LogP contribution < -0.4 is 0 Å². The number of carbonyl (C=O) groups is 1. The van der Waals surface area contributed by atoms with Crippen molar-refractivity contribution >= 4 is 17.4 Å². The lowest BCUT2D eigenvalue weighted by Gasteiger charge is -2.24. The second-order valence-corrected chi connectivity index (χ2v) is 6.20. The van der Waals surface area contributed by atoms with Gasteiger partial charge in [0.1, 0.15) is 16.1 Å². The van der Waals surface area contributed by atoms with Crippen LogP contribution >= 0.6 is 11.3 Å². The normalized spacial score (nSPS) is 24.3. The van der Waals surface area contributed by atoms with E-state index in [0.29, 0.717) is 6.54 Å². The number of amides is 1. The molecule has 0 aliphatic carbocycles. The fourth-order valence-corrected chi connectivity index (χ4v) is 2.55. The van der Waals surface area contributed by atoms with E-state index in [1.165, 1.54) is 16.2 Å². The predicted octanol–water partition coefficient (Wildman–Crippen LogP) is 1.23. The molecule has 2 atom stereocenters. The van der Waals surface area contributed by atoms with Gasteiger partial charge in [0, 0.05) is 6.54 Å². The average molecular weight is 271 g/mol. The summed E-state index contributed by atoms with van der Waals surface area (Å²) < 4.78 is 5.28. The Balaban J connectivity index is 2.00. The van der Waals surface area contributed by atoms with Gasteiger partial charge in [-0.05, 0) is 20.8 Å². The SMILES string of the molecule is CC(C)(C)OC(=O)N1CC(O)C(c2nncs2)C1. The molecule has 2 unspecified atom stereocenters. The van der Waals surface area contributed by atoms with Crippen LogP contribution in [0.2, 0.25) is 0 Å². The third kappa shape index (κ3) is 2.97. The maximum absolute atomic E-state index is 11.9. The standard InChI is InChI=1S/C11H17N3O3S/c1-11(2,3)17-10(16)14-4-7(8(15)5-14)9-13-12-6-18-9/h6-8,15H,4-5H2,1-3H3. The summed E-state index contributed by atoms with van der Waals surface area (Å²) in [4.78, 5) is 13.4. The molecule has 0 aromatic carbocycles. The molecule has 0 spiro atoms. The monoisotopic (exact) mass is 271 g/mol. The van der Waals surface area contributed by atoms with Gasteiger partial charge in [-0.3, -0.25) is 0 Å². The first kappa shape index (κ1) is 13.2. The fourth-order valence-electron chi connectivity index (χ4n) is 1.85. The maximum atomic E-state index is 11.9. The van der Waals surface area contributed by atoms with Crippen LogP contribution in [0.4, 0.5) is 4.79 Å². The molecule has 0 bridgehead atoms. The van der Waals surface area contributed by atoms with Crippen molar-refractivity contribution < 1.29 is 14.6 Å². The van der Waals surface area contributed by atoms with Gasteiger partial charge in [0.2, 0.25) is 0 Å². The number of aliphatic hydroxyl groups excluding tert-OH is 1. The second kappa shape index (κ2) is 4.81. The van der Waals surface area contributed by atoms with Crippen molar-refractivity contribution in [2.45, 2.75) is 38.4 Å². The van der Waals surface area contributed by atoms with Gasteiger partial charge in [-0.25, -0.2) is 4.79 Å². The number of ether oxygens (including phenoxy) is 1. The Bertz CT molecular complexity index is 416. The Morgan fingerprint density at radius 3 is 2.83 bits per heavy atom. The molecule has 1 aromatic heterocycles. The molecule has 1 saturated heterocycles. The molecule has 100 valence electrons. The van der Waals surface area contributed by atoms with Crippen molar-refractivity contribution in [3.63, 3.8) is 0 Å². The molecule has 0 saturated carbocycles. The molecule has 6 nitrogen and oxygen atoms in total. The van der Waals surface area contributed by atoms with Gasteiger partial charge >= 0.3 is 6.09 Å². The Labute approximate surface area is 110 Å². The number of hydrogen-bond donors (Lipinski definition) is 1. The average Bonchev–Trinajstić information content (AvgIpc) is 2.82. The van der Waals surface area contributed by atoms with Crippen LogP contribution in [-0.4, -0.2) is 51.1 Å². The van der Waals surface area contributed by atoms with Gasteiger partial charge in [-0.2, -0.15) is 0 Å². The summed E-state index contributed by atoms with van der Waals surface area (Å²) in [7, 11) is 0. The molecule has 1 aliphatic rings. The summed E-state index contributed by atoms with van der Waals surface area (Å²) in [5.41, 5.74) is 1.10. The zero-order valence-corrected chi connectivity index (χ0v) is 11.5. The van der Waals surface area contributed by atoms with E-state index in [-0.39, 0.29) is 12.5 Å². The van der Waals surface area contributed by atoms with E-state index in [2.05, 4.69) is 10.2 Å². The number of carbonyl (C=O) groups excluding carboxylic acids is 1. The zero-order valence-electron chi connectivity index (χ0n) is 10.7. The zero-order chi connectivity index (χ0) is 13.3.